The highest BCUT2D eigenvalue weighted by Crippen LogP contribution is 2.20. The number of esters is 2. The fourth-order valence-corrected chi connectivity index (χ4v) is 3.02. The van der Waals surface area contributed by atoms with Crippen LogP contribution < -0.4 is 10.6 Å². The molecule has 158 valence electrons. The number of nitrogens with one attached hydrogen (secondary N) is 2. The minimum atomic E-state index is -0.713. The smallest absolute Gasteiger partial charge is 0.310 e. The van der Waals surface area contributed by atoms with Crippen molar-refractivity contribution in [3.63, 3.8) is 0 Å². The highest BCUT2D eigenvalue weighted by atomic mass is 16.6. The molecule has 2 atom stereocenters. The number of carbonyl (C=O) groups is 2. The second kappa shape index (κ2) is 11.0. The maximum Gasteiger partial charge on any atom is 0.310 e. The SMILES string of the molecule is CC.CC(C)(COCC(C)(C)OC(=O)C1CCNC1)OC(=O)C1CCNC1. The minimum Gasteiger partial charge on any atom is -0.457 e. The molecular weight excluding hydrogens is 348 g/mol. The molecule has 2 N–H and O–H groups in total. The van der Waals surface area contributed by atoms with E-state index in [2.05, 4.69) is 10.6 Å². The van der Waals surface area contributed by atoms with E-state index in [1.807, 2.05) is 41.5 Å². The normalized spacial score (nSPS) is 22.7. The lowest BCUT2D eigenvalue weighted by atomic mass is 10.1. The van der Waals surface area contributed by atoms with Gasteiger partial charge in [-0.25, -0.2) is 0 Å². The molecule has 2 heterocycles. The molecule has 2 saturated heterocycles. The van der Waals surface area contributed by atoms with Crippen LogP contribution in [0.4, 0.5) is 0 Å². The first-order valence-electron chi connectivity index (χ1n) is 10.1. The first-order valence-corrected chi connectivity index (χ1v) is 10.1. The van der Waals surface area contributed by atoms with Gasteiger partial charge in [-0.2, -0.15) is 0 Å². The Kier molecular flexibility index (Phi) is 9.70. The molecule has 2 unspecified atom stereocenters. The molecule has 2 fully saturated rings. The lowest BCUT2D eigenvalue weighted by Gasteiger charge is -2.30. The van der Waals surface area contributed by atoms with Gasteiger partial charge in [0.05, 0.1) is 25.0 Å². The fraction of sp³-hybridized carbons (Fsp3) is 0.900. The average Bonchev–Trinajstić information content (AvgIpc) is 3.29. The molecule has 0 radical (unpaired) electrons. The summed E-state index contributed by atoms with van der Waals surface area (Å²) in [5.41, 5.74) is -1.43. The van der Waals surface area contributed by atoms with E-state index in [9.17, 15) is 9.59 Å². The second-order valence-electron chi connectivity index (χ2n) is 8.23. The Labute approximate surface area is 163 Å². The van der Waals surface area contributed by atoms with E-state index in [1.165, 1.54) is 0 Å². The van der Waals surface area contributed by atoms with Gasteiger partial charge in [0.2, 0.25) is 0 Å². The van der Waals surface area contributed by atoms with E-state index in [4.69, 9.17) is 14.2 Å². The summed E-state index contributed by atoms with van der Waals surface area (Å²) in [7, 11) is 0. The summed E-state index contributed by atoms with van der Waals surface area (Å²) < 4.78 is 16.9. The quantitative estimate of drug-likeness (QED) is 0.616. The molecule has 0 spiro atoms. The van der Waals surface area contributed by atoms with Gasteiger partial charge in [-0.15, -0.1) is 0 Å². The van der Waals surface area contributed by atoms with Crippen LogP contribution >= 0.6 is 0 Å². The lowest BCUT2D eigenvalue weighted by Crippen LogP contribution is -2.40. The number of rotatable bonds is 8. The summed E-state index contributed by atoms with van der Waals surface area (Å²) in [5, 5.41) is 6.32. The van der Waals surface area contributed by atoms with Crippen LogP contribution in [0.15, 0.2) is 0 Å². The molecule has 2 rings (SSSR count). The molecule has 7 heteroatoms. The first-order chi connectivity index (χ1) is 12.7. The van der Waals surface area contributed by atoms with Crippen molar-refractivity contribution in [1.82, 2.24) is 10.6 Å². The zero-order chi connectivity index (χ0) is 20.5. The molecular formula is C20H38N2O5. The maximum atomic E-state index is 12.1. The van der Waals surface area contributed by atoms with E-state index in [1.54, 1.807) is 0 Å². The molecule has 27 heavy (non-hydrogen) atoms. The molecule has 0 aromatic heterocycles. The number of hydrogen-bond acceptors (Lipinski definition) is 7. The molecule has 0 aliphatic carbocycles. The molecule has 0 aromatic rings. The number of hydrogen-bond donors (Lipinski definition) is 2. The summed E-state index contributed by atoms with van der Waals surface area (Å²) in [4.78, 5) is 24.2. The van der Waals surface area contributed by atoms with Gasteiger partial charge >= 0.3 is 11.9 Å². The van der Waals surface area contributed by atoms with Crippen LogP contribution in [0.25, 0.3) is 0 Å². The third kappa shape index (κ3) is 8.58. The van der Waals surface area contributed by atoms with Crippen molar-refractivity contribution in [3.8, 4) is 0 Å². The van der Waals surface area contributed by atoms with E-state index in [-0.39, 0.29) is 37.0 Å². The summed E-state index contributed by atoms with van der Waals surface area (Å²) in [6.07, 6.45) is 1.63. The van der Waals surface area contributed by atoms with E-state index >= 15 is 0 Å². The first kappa shape index (κ1) is 23.9. The van der Waals surface area contributed by atoms with Crippen LogP contribution in [-0.4, -0.2) is 62.5 Å². The van der Waals surface area contributed by atoms with Gasteiger partial charge in [-0.05, 0) is 53.6 Å². The number of carbonyl (C=O) groups excluding carboxylic acids is 2. The molecule has 0 amide bonds. The molecule has 7 nitrogen and oxygen atoms in total. The largest absolute Gasteiger partial charge is 0.457 e. The van der Waals surface area contributed by atoms with Gasteiger partial charge in [0.25, 0.3) is 0 Å². The van der Waals surface area contributed by atoms with Crippen molar-refractivity contribution >= 4 is 11.9 Å². The molecule has 0 aromatic carbocycles. The van der Waals surface area contributed by atoms with Crippen LogP contribution in [0.3, 0.4) is 0 Å². The van der Waals surface area contributed by atoms with Crippen molar-refractivity contribution in [1.29, 1.82) is 0 Å². The third-order valence-corrected chi connectivity index (χ3v) is 4.44. The summed E-state index contributed by atoms with van der Waals surface area (Å²) in [6.45, 7) is 14.9. The Hall–Kier alpha value is -1.18. The van der Waals surface area contributed by atoms with Crippen molar-refractivity contribution in [3.05, 3.63) is 0 Å². The van der Waals surface area contributed by atoms with E-state index < -0.39 is 11.2 Å². The van der Waals surface area contributed by atoms with Crippen molar-refractivity contribution < 1.29 is 23.8 Å². The molecule has 2 aliphatic heterocycles. The lowest BCUT2D eigenvalue weighted by molar-refractivity contribution is -0.174. The van der Waals surface area contributed by atoms with Gasteiger partial charge in [-0.1, -0.05) is 13.8 Å². The van der Waals surface area contributed by atoms with Gasteiger partial charge in [0.15, 0.2) is 0 Å². The zero-order valence-corrected chi connectivity index (χ0v) is 17.9. The summed E-state index contributed by atoms with van der Waals surface area (Å²) in [5.74, 6) is -0.510. The van der Waals surface area contributed by atoms with Crippen LogP contribution in [0.2, 0.25) is 0 Å². The minimum absolute atomic E-state index is 0.0725. The van der Waals surface area contributed by atoms with E-state index in [0.29, 0.717) is 13.1 Å². The van der Waals surface area contributed by atoms with Crippen LogP contribution in [-0.2, 0) is 23.8 Å². The summed E-state index contributed by atoms with van der Waals surface area (Å²) >= 11 is 0. The van der Waals surface area contributed by atoms with Crippen LogP contribution in [0.5, 0.6) is 0 Å². The number of ether oxygens (including phenoxy) is 3. The average molecular weight is 387 g/mol. The van der Waals surface area contributed by atoms with Gasteiger partial charge in [0.1, 0.15) is 11.2 Å². The van der Waals surface area contributed by atoms with Gasteiger partial charge < -0.3 is 24.8 Å². The standard InChI is InChI=1S/C18H32N2O5.C2H6/c1-17(2,24-15(21)13-5-7-19-9-13)11-23-12-18(3,4)25-16(22)14-6-8-20-10-14;1-2/h13-14,19-20H,5-12H2,1-4H3;1-2H3. The highest BCUT2D eigenvalue weighted by molar-refractivity contribution is 5.74. The monoisotopic (exact) mass is 386 g/mol. The predicted molar refractivity (Wildman–Crippen MR) is 104 cm³/mol. The Morgan fingerprint density at radius 2 is 1.19 bits per heavy atom. The topological polar surface area (TPSA) is 85.9 Å². The van der Waals surface area contributed by atoms with Crippen LogP contribution in [0.1, 0.15) is 54.4 Å². The Bertz CT molecular complexity index is 425. The van der Waals surface area contributed by atoms with Crippen LogP contribution in [0, 0.1) is 11.8 Å². The predicted octanol–water partition coefficient (Wildman–Crippen LogP) is 1.89. The molecule has 0 saturated carbocycles. The van der Waals surface area contributed by atoms with E-state index in [0.717, 1.165) is 25.9 Å². The Morgan fingerprint density at radius 1 is 0.815 bits per heavy atom. The highest BCUT2D eigenvalue weighted by Gasteiger charge is 2.33. The van der Waals surface area contributed by atoms with Crippen molar-refractivity contribution in [2.75, 3.05) is 39.4 Å². The zero-order valence-electron chi connectivity index (χ0n) is 17.9. The molecule has 2 aliphatic rings. The third-order valence-electron chi connectivity index (χ3n) is 4.44. The maximum absolute atomic E-state index is 12.1. The Balaban J connectivity index is 0.00000176. The van der Waals surface area contributed by atoms with Gasteiger partial charge in [0, 0.05) is 13.1 Å². The van der Waals surface area contributed by atoms with Gasteiger partial charge in [-0.3, -0.25) is 9.59 Å². The molecule has 0 bridgehead atoms. The fourth-order valence-electron chi connectivity index (χ4n) is 3.02. The summed E-state index contributed by atoms with van der Waals surface area (Å²) in [6, 6.07) is 0. The van der Waals surface area contributed by atoms with Crippen molar-refractivity contribution in [2.45, 2.75) is 65.6 Å². The second-order valence-corrected chi connectivity index (χ2v) is 8.23. The Morgan fingerprint density at radius 3 is 1.48 bits per heavy atom. The van der Waals surface area contributed by atoms with Crippen molar-refractivity contribution in [2.24, 2.45) is 11.8 Å².